The van der Waals surface area contributed by atoms with E-state index in [4.69, 9.17) is 23.2 Å². The van der Waals surface area contributed by atoms with Crippen LogP contribution in [0.15, 0.2) is 89.7 Å². The standard InChI is InChI=1S/C23H16Cl2N2O/c24-18-12-10-17(11-13-18)20-14-22(28)27(15-16-6-2-1-3-7-16)26-23(20)19-8-4-5-9-21(19)25/h1-14H,15H2. The zero-order chi connectivity index (χ0) is 19.5. The summed E-state index contributed by atoms with van der Waals surface area (Å²) in [5.41, 5.74) is 3.83. The van der Waals surface area contributed by atoms with Crippen molar-refractivity contribution in [1.82, 2.24) is 9.78 Å². The predicted molar refractivity (Wildman–Crippen MR) is 115 cm³/mol. The maximum absolute atomic E-state index is 12.8. The number of aromatic nitrogens is 2. The Balaban J connectivity index is 1.91. The first-order valence-corrected chi connectivity index (χ1v) is 9.54. The minimum Gasteiger partial charge on any atom is -0.268 e. The van der Waals surface area contributed by atoms with Gasteiger partial charge in [-0.05, 0) is 29.3 Å². The van der Waals surface area contributed by atoms with E-state index in [9.17, 15) is 4.79 Å². The van der Waals surface area contributed by atoms with Gasteiger partial charge < -0.3 is 0 Å². The predicted octanol–water partition coefficient (Wildman–Crippen LogP) is 5.93. The van der Waals surface area contributed by atoms with Gasteiger partial charge in [0.15, 0.2) is 0 Å². The van der Waals surface area contributed by atoms with Gasteiger partial charge in [0.05, 0.1) is 11.6 Å². The van der Waals surface area contributed by atoms with Gasteiger partial charge >= 0.3 is 0 Å². The zero-order valence-corrected chi connectivity index (χ0v) is 16.4. The van der Waals surface area contributed by atoms with E-state index in [1.165, 1.54) is 4.68 Å². The molecule has 3 aromatic carbocycles. The summed E-state index contributed by atoms with van der Waals surface area (Å²) in [5, 5.41) is 5.90. The van der Waals surface area contributed by atoms with Gasteiger partial charge in [-0.15, -0.1) is 0 Å². The van der Waals surface area contributed by atoms with Crippen LogP contribution in [-0.4, -0.2) is 9.78 Å². The lowest BCUT2D eigenvalue weighted by atomic mass is 10.00. The lowest BCUT2D eigenvalue weighted by Crippen LogP contribution is -2.24. The average molecular weight is 407 g/mol. The van der Waals surface area contributed by atoms with Crippen molar-refractivity contribution in [1.29, 1.82) is 0 Å². The highest BCUT2D eigenvalue weighted by Gasteiger charge is 2.15. The molecule has 0 aliphatic heterocycles. The highest BCUT2D eigenvalue weighted by atomic mass is 35.5. The molecule has 0 unspecified atom stereocenters. The third-order valence-corrected chi connectivity index (χ3v) is 5.04. The molecule has 0 aliphatic carbocycles. The molecule has 0 spiro atoms. The van der Waals surface area contributed by atoms with E-state index in [2.05, 4.69) is 5.10 Å². The van der Waals surface area contributed by atoms with Crippen molar-refractivity contribution in [2.24, 2.45) is 0 Å². The molecule has 3 nitrogen and oxygen atoms in total. The summed E-state index contributed by atoms with van der Waals surface area (Å²) in [5.74, 6) is 0. The van der Waals surface area contributed by atoms with Gasteiger partial charge in [0.2, 0.25) is 0 Å². The van der Waals surface area contributed by atoms with Crippen LogP contribution < -0.4 is 5.56 Å². The Morgan fingerprint density at radius 3 is 2.18 bits per heavy atom. The van der Waals surface area contributed by atoms with Crippen molar-refractivity contribution < 1.29 is 0 Å². The highest BCUT2D eigenvalue weighted by Crippen LogP contribution is 2.33. The summed E-state index contributed by atoms with van der Waals surface area (Å²) in [6.45, 7) is 0.387. The molecule has 1 aromatic heterocycles. The van der Waals surface area contributed by atoms with E-state index in [1.54, 1.807) is 18.2 Å². The van der Waals surface area contributed by atoms with Crippen LogP contribution in [0.4, 0.5) is 0 Å². The van der Waals surface area contributed by atoms with Crippen molar-refractivity contribution in [3.63, 3.8) is 0 Å². The van der Waals surface area contributed by atoms with Crippen LogP contribution in [0.25, 0.3) is 22.4 Å². The van der Waals surface area contributed by atoms with Crippen LogP contribution in [0, 0.1) is 0 Å². The quantitative estimate of drug-likeness (QED) is 0.420. The fourth-order valence-electron chi connectivity index (χ4n) is 3.06. The molecule has 0 saturated carbocycles. The van der Waals surface area contributed by atoms with Crippen molar-refractivity contribution in [2.45, 2.75) is 6.54 Å². The van der Waals surface area contributed by atoms with E-state index >= 15 is 0 Å². The largest absolute Gasteiger partial charge is 0.268 e. The molecule has 5 heteroatoms. The molecular weight excluding hydrogens is 391 g/mol. The van der Waals surface area contributed by atoms with Gasteiger partial charge in [-0.2, -0.15) is 5.10 Å². The Kier molecular flexibility index (Phi) is 5.29. The highest BCUT2D eigenvalue weighted by molar-refractivity contribution is 6.33. The molecule has 4 aromatic rings. The van der Waals surface area contributed by atoms with E-state index in [1.807, 2.05) is 66.7 Å². The summed E-state index contributed by atoms with van der Waals surface area (Å²) in [4.78, 5) is 12.8. The second-order valence-electron chi connectivity index (χ2n) is 6.37. The SMILES string of the molecule is O=c1cc(-c2ccc(Cl)cc2)c(-c2ccccc2Cl)nn1Cc1ccccc1. The molecule has 28 heavy (non-hydrogen) atoms. The molecule has 0 N–H and O–H groups in total. The van der Waals surface area contributed by atoms with Gasteiger partial charge in [0.1, 0.15) is 5.69 Å². The molecule has 0 fully saturated rings. The van der Waals surface area contributed by atoms with E-state index in [-0.39, 0.29) is 5.56 Å². The minimum atomic E-state index is -0.176. The van der Waals surface area contributed by atoms with Crippen molar-refractivity contribution in [3.8, 4) is 22.4 Å². The third kappa shape index (κ3) is 3.86. The molecule has 0 atom stereocenters. The number of nitrogens with zero attached hydrogens (tertiary/aromatic N) is 2. The van der Waals surface area contributed by atoms with E-state index < -0.39 is 0 Å². The average Bonchev–Trinajstić information content (AvgIpc) is 2.71. The Bertz CT molecular complexity index is 1170. The summed E-state index contributed by atoms with van der Waals surface area (Å²) >= 11 is 12.5. The number of rotatable bonds is 4. The van der Waals surface area contributed by atoms with Crippen LogP contribution in [0.2, 0.25) is 10.0 Å². The molecule has 0 radical (unpaired) electrons. The van der Waals surface area contributed by atoms with Crippen molar-refractivity contribution in [3.05, 3.63) is 111 Å². The molecule has 0 bridgehead atoms. The van der Waals surface area contributed by atoms with Crippen molar-refractivity contribution in [2.75, 3.05) is 0 Å². The van der Waals surface area contributed by atoms with E-state index in [0.29, 0.717) is 22.3 Å². The number of halogens is 2. The summed E-state index contributed by atoms with van der Waals surface area (Å²) in [7, 11) is 0. The van der Waals surface area contributed by atoms with Crippen LogP contribution >= 0.6 is 23.2 Å². The fourth-order valence-corrected chi connectivity index (χ4v) is 3.41. The zero-order valence-electron chi connectivity index (χ0n) is 14.8. The Morgan fingerprint density at radius 2 is 1.46 bits per heavy atom. The second kappa shape index (κ2) is 8.01. The maximum atomic E-state index is 12.8. The second-order valence-corrected chi connectivity index (χ2v) is 7.22. The number of hydrogen-bond donors (Lipinski definition) is 0. The minimum absolute atomic E-state index is 0.176. The molecule has 0 aliphatic rings. The smallest absolute Gasteiger partial charge is 0.267 e. The molecular formula is C23H16Cl2N2O. The lowest BCUT2D eigenvalue weighted by Gasteiger charge is -2.14. The first-order chi connectivity index (χ1) is 13.6. The molecule has 138 valence electrons. The van der Waals surface area contributed by atoms with Crippen LogP contribution in [0.3, 0.4) is 0 Å². The Hall–Kier alpha value is -2.88. The van der Waals surface area contributed by atoms with Crippen LogP contribution in [0.1, 0.15) is 5.56 Å². The summed E-state index contributed by atoms with van der Waals surface area (Å²) < 4.78 is 1.47. The van der Waals surface area contributed by atoms with Gasteiger partial charge in [-0.25, -0.2) is 4.68 Å². The number of benzene rings is 3. The van der Waals surface area contributed by atoms with E-state index in [0.717, 1.165) is 22.3 Å². The van der Waals surface area contributed by atoms with Crippen molar-refractivity contribution >= 4 is 23.2 Å². The Labute approximate surface area is 172 Å². The fraction of sp³-hybridized carbons (Fsp3) is 0.0435. The first kappa shape index (κ1) is 18.5. The lowest BCUT2D eigenvalue weighted by molar-refractivity contribution is 0.643. The van der Waals surface area contributed by atoms with Gasteiger partial charge in [0.25, 0.3) is 5.56 Å². The van der Waals surface area contributed by atoms with Gasteiger partial charge in [0, 0.05) is 22.2 Å². The normalized spacial score (nSPS) is 10.8. The Morgan fingerprint density at radius 1 is 0.786 bits per heavy atom. The summed E-state index contributed by atoms with van der Waals surface area (Å²) in [6.07, 6.45) is 0. The molecule has 1 heterocycles. The van der Waals surface area contributed by atoms with Crippen LogP contribution in [0.5, 0.6) is 0 Å². The monoisotopic (exact) mass is 406 g/mol. The molecule has 4 rings (SSSR count). The third-order valence-electron chi connectivity index (χ3n) is 4.46. The molecule has 0 saturated heterocycles. The molecule has 0 amide bonds. The summed E-state index contributed by atoms with van der Waals surface area (Å²) in [6, 6.07) is 26.2. The van der Waals surface area contributed by atoms with Crippen LogP contribution in [-0.2, 0) is 6.54 Å². The van der Waals surface area contributed by atoms with Gasteiger partial charge in [-0.1, -0.05) is 83.9 Å². The van der Waals surface area contributed by atoms with Gasteiger partial charge in [-0.3, -0.25) is 4.79 Å². The first-order valence-electron chi connectivity index (χ1n) is 8.79. The number of hydrogen-bond acceptors (Lipinski definition) is 2. The maximum Gasteiger partial charge on any atom is 0.267 e. The topological polar surface area (TPSA) is 34.9 Å².